The zero-order valence-electron chi connectivity index (χ0n) is 23.5. The number of hydrogen-bond donors (Lipinski definition) is 10. The Morgan fingerprint density at radius 3 is 1.14 bits per heavy atom. The molecular weight excluding hydrogens is 564 g/mol. The Hall–Kier alpha value is -6.00. The second-order valence-electron chi connectivity index (χ2n) is 9.24. The van der Waals surface area contributed by atoms with Gasteiger partial charge in [0.15, 0.2) is 0 Å². The third-order valence-corrected chi connectivity index (χ3v) is 5.74. The zero-order chi connectivity index (χ0) is 30.7. The molecular formula is C28H32N14O2. The van der Waals surface area contributed by atoms with Gasteiger partial charge in [-0.2, -0.15) is 29.9 Å². The number of aliphatic hydroxyl groups excluding tert-OH is 2. The van der Waals surface area contributed by atoms with Gasteiger partial charge < -0.3 is 53.6 Å². The van der Waals surface area contributed by atoms with Crippen molar-refractivity contribution in [1.82, 2.24) is 29.9 Å². The molecule has 3 aromatic carbocycles. The van der Waals surface area contributed by atoms with Crippen molar-refractivity contribution in [2.45, 2.75) is 0 Å². The van der Waals surface area contributed by atoms with Crippen LogP contribution in [-0.2, 0) is 0 Å². The number of aliphatic hydroxyl groups is 2. The molecule has 226 valence electrons. The van der Waals surface area contributed by atoms with Crippen molar-refractivity contribution in [2.75, 3.05) is 69.7 Å². The molecule has 0 aliphatic rings. The van der Waals surface area contributed by atoms with Crippen molar-refractivity contribution in [3.8, 4) is 0 Å². The molecule has 0 amide bonds. The van der Waals surface area contributed by atoms with Gasteiger partial charge in [-0.25, -0.2) is 0 Å². The van der Waals surface area contributed by atoms with Crippen molar-refractivity contribution in [1.29, 1.82) is 0 Å². The minimum Gasteiger partial charge on any atom is -0.399 e. The number of anilines is 12. The molecule has 0 bridgehead atoms. The van der Waals surface area contributed by atoms with Gasteiger partial charge >= 0.3 is 0 Å². The molecule has 44 heavy (non-hydrogen) atoms. The molecule has 2 heterocycles. The van der Waals surface area contributed by atoms with Crippen LogP contribution in [0.2, 0.25) is 0 Å². The van der Waals surface area contributed by atoms with E-state index in [1.165, 1.54) is 0 Å². The molecule has 5 rings (SSSR count). The predicted octanol–water partition coefficient (Wildman–Crippen LogP) is 3.00. The summed E-state index contributed by atoms with van der Waals surface area (Å²) >= 11 is 0. The van der Waals surface area contributed by atoms with Gasteiger partial charge in [-0.3, -0.25) is 0 Å². The second kappa shape index (κ2) is 14.3. The van der Waals surface area contributed by atoms with E-state index >= 15 is 0 Å². The van der Waals surface area contributed by atoms with E-state index in [9.17, 15) is 10.2 Å². The van der Waals surface area contributed by atoms with Gasteiger partial charge in [0, 0.05) is 47.2 Å². The molecule has 5 aromatic rings. The maximum absolute atomic E-state index is 9.22. The SMILES string of the molecule is Nc1cccc(Nc2nc(NCCO)nc(Nc3ccc(Nc4nc(NCCO)nc(Nc5cccc(N)c5)n4)cc3)n2)c1. The van der Waals surface area contributed by atoms with Crippen molar-refractivity contribution >= 4 is 69.8 Å². The highest BCUT2D eigenvalue weighted by molar-refractivity contribution is 5.66. The fraction of sp³-hybridized carbons (Fsp3) is 0.143. The highest BCUT2D eigenvalue weighted by Crippen LogP contribution is 2.23. The van der Waals surface area contributed by atoms with Crippen LogP contribution >= 0.6 is 0 Å². The van der Waals surface area contributed by atoms with Crippen molar-refractivity contribution in [3.63, 3.8) is 0 Å². The zero-order valence-corrected chi connectivity index (χ0v) is 23.5. The fourth-order valence-electron chi connectivity index (χ4n) is 3.86. The molecule has 0 spiro atoms. The van der Waals surface area contributed by atoms with Crippen LogP contribution in [0.3, 0.4) is 0 Å². The van der Waals surface area contributed by atoms with Gasteiger partial charge in [-0.1, -0.05) is 12.1 Å². The van der Waals surface area contributed by atoms with Crippen LogP contribution in [-0.4, -0.2) is 66.4 Å². The topological polar surface area (TPSA) is 242 Å². The van der Waals surface area contributed by atoms with E-state index in [-0.39, 0.29) is 62.0 Å². The summed E-state index contributed by atoms with van der Waals surface area (Å²) in [6.45, 7) is 0.373. The fourth-order valence-corrected chi connectivity index (χ4v) is 3.86. The number of nitrogens with zero attached hydrogens (tertiary/aromatic N) is 6. The molecule has 0 aliphatic carbocycles. The summed E-state index contributed by atoms with van der Waals surface area (Å²) in [4.78, 5) is 26.5. The average Bonchev–Trinajstić information content (AvgIpc) is 3.00. The number of aromatic nitrogens is 6. The summed E-state index contributed by atoms with van der Waals surface area (Å²) < 4.78 is 0. The molecule has 12 N–H and O–H groups in total. The van der Waals surface area contributed by atoms with Gasteiger partial charge in [-0.15, -0.1) is 0 Å². The first kappa shape index (κ1) is 29.5. The first-order valence-corrected chi connectivity index (χ1v) is 13.6. The Kier molecular flexibility index (Phi) is 9.55. The number of rotatable bonds is 14. The average molecular weight is 597 g/mol. The number of nitrogens with two attached hydrogens (primary N) is 2. The second-order valence-corrected chi connectivity index (χ2v) is 9.24. The summed E-state index contributed by atoms with van der Waals surface area (Å²) in [6.07, 6.45) is 0. The van der Waals surface area contributed by atoms with E-state index in [1.54, 1.807) is 24.3 Å². The third kappa shape index (κ3) is 8.51. The normalized spacial score (nSPS) is 10.6. The van der Waals surface area contributed by atoms with Crippen LogP contribution in [0.25, 0.3) is 0 Å². The number of nitrogens with one attached hydrogen (secondary N) is 6. The predicted molar refractivity (Wildman–Crippen MR) is 172 cm³/mol. The Labute approximate surface area is 252 Å². The quantitative estimate of drug-likeness (QED) is 0.0828. The van der Waals surface area contributed by atoms with Crippen LogP contribution in [0.5, 0.6) is 0 Å². The maximum Gasteiger partial charge on any atom is 0.233 e. The molecule has 0 saturated heterocycles. The number of benzene rings is 3. The molecule has 0 aliphatic heterocycles. The Balaban J connectivity index is 1.31. The van der Waals surface area contributed by atoms with Crippen molar-refractivity contribution < 1.29 is 10.2 Å². The van der Waals surface area contributed by atoms with E-state index in [0.717, 1.165) is 0 Å². The van der Waals surface area contributed by atoms with Gasteiger partial charge in [0.2, 0.25) is 35.7 Å². The highest BCUT2D eigenvalue weighted by atomic mass is 16.3. The lowest BCUT2D eigenvalue weighted by molar-refractivity contribution is 0.310. The van der Waals surface area contributed by atoms with Gasteiger partial charge in [-0.05, 0) is 60.7 Å². The monoisotopic (exact) mass is 596 g/mol. The third-order valence-electron chi connectivity index (χ3n) is 5.74. The van der Waals surface area contributed by atoms with Crippen LogP contribution in [0.15, 0.2) is 72.8 Å². The number of hydrogen-bond acceptors (Lipinski definition) is 16. The Bertz CT molecular complexity index is 1560. The minimum absolute atomic E-state index is 0.0838. The first-order chi connectivity index (χ1) is 21.4. The summed E-state index contributed by atoms with van der Waals surface area (Å²) in [5, 5.41) is 36.9. The molecule has 16 nitrogen and oxygen atoms in total. The van der Waals surface area contributed by atoms with Crippen LogP contribution in [0.1, 0.15) is 0 Å². The summed E-state index contributed by atoms with van der Waals surface area (Å²) in [7, 11) is 0. The Morgan fingerprint density at radius 2 is 0.795 bits per heavy atom. The summed E-state index contributed by atoms with van der Waals surface area (Å²) in [5.74, 6) is 1.70. The van der Waals surface area contributed by atoms with Gasteiger partial charge in [0.25, 0.3) is 0 Å². The molecule has 0 atom stereocenters. The molecule has 2 aromatic heterocycles. The largest absolute Gasteiger partial charge is 0.399 e. The van der Waals surface area contributed by atoms with Crippen LogP contribution in [0.4, 0.5) is 69.8 Å². The maximum atomic E-state index is 9.22. The van der Waals surface area contributed by atoms with E-state index < -0.39 is 0 Å². The first-order valence-electron chi connectivity index (χ1n) is 13.6. The van der Waals surface area contributed by atoms with Crippen LogP contribution in [0, 0.1) is 0 Å². The smallest absolute Gasteiger partial charge is 0.233 e. The van der Waals surface area contributed by atoms with E-state index in [2.05, 4.69) is 61.8 Å². The lowest BCUT2D eigenvalue weighted by Gasteiger charge is -2.13. The highest BCUT2D eigenvalue weighted by Gasteiger charge is 2.10. The lowest BCUT2D eigenvalue weighted by Crippen LogP contribution is -2.12. The molecule has 0 unspecified atom stereocenters. The lowest BCUT2D eigenvalue weighted by atomic mass is 10.3. The number of nitrogen functional groups attached to an aromatic ring is 2. The molecule has 0 saturated carbocycles. The summed E-state index contributed by atoms with van der Waals surface area (Å²) in [5.41, 5.74) is 15.8. The van der Waals surface area contributed by atoms with Gasteiger partial charge in [0.05, 0.1) is 13.2 Å². The van der Waals surface area contributed by atoms with Gasteiger partial charge in [0.1, 0.15) is 0 Å². The van der Waals surface area contributed by atoms with E-state index in [4.69, 9.17) is 11.5 Å². The van der Waals surface area contributed by atoms with E-state index in [1.807, 2.05) is 48.5 Å². The summed E-state index contributed by atoms with van der Waals surface area (Å²) in [6, 6.07) is 21.7. The van der Waals surface area contributed by atoms with Crippen LogP contribution < -0.4 is 43.4 Å². The molecule has 0 radical (unpaired) electrons. The van der Waals surface area contributed by atoms with Crippen molar-refractivity contribution in [3.05, 3.63) is 72.8 Å². The standard InChI is InChI=1S/C28H32N14O2/c29-17-3-1-5-21(15-17)35-27-39-23(31-11-13-43)37-25(41-27)33-19-7-9-20(10-8-19)34-26-38-24(32-12-14-44)40-28(42-26)36-22-6-2-4-18(30)16-22/h1-10,15-16,43-44H,11-14,29-30H2,(H3,31,33,35,37,39,41)(H3,32,34,36,38,40,42). The van der Waals surface area contributed by atoms with Crippen molar-refractivity contribution in [2.24, 2.45) is 0 Å². The molecule has 0 fully saturated rings. The minimum atomic E-state index is -0.0838. The van der Waals surface area contributed by atoms with E-state index in [0.29, 0.717) is 34.1 Å². The molecule has 16 heteroatoms. The Morgan fingerprint density at radius 1 is 0.455 bits per heavy atom.